The average molecular weight is 475 g/mol. The fourth-order valence-corrected chi connectivity index (χ4v) is 3.66. The minimum Gasteiger partial charge on any atom is -0.497 e. The summed E-state index contributed by atoms with van der Waals surface area (Å²) in [5.41, 5.74) is 4.94. The van der Waals surface area contributed by atoms with E-state index >= 15 is 0 Å². The zero-order chi connectivity index (χ0) is 24.7. The van der Waals surface area contributed by atoms with E-state index in [1.165, 1.54) is 0 Å². The molecule has 2 aromatic carbocycles. The Bertz CT molecular complexity index is 1530. The smallest absolute Gasteiger partial charge is 0.204 e. The van der Waals surface area contributed by atoms with E-state index in [2.05, 4.69) is 36.7 Å². The van der Waals surface area contributed by atoms with Crippen molar-refractivity contribution in [3.63, 3.8) is 0 Å². The molecular formula is C28H22N6O2. The summed E-state index contributed by atoms with van der Waals surface area (Å²) in [7, 11) is 3.25. The van der Waals surface area contributed by atoms with Crippen LogP contribution in [0.25, 0.3) is 22.3 Å². The Labute approximate surface area is 208 Å². The third-order valence-electron chi connectivity index (χ3n) is 5.45. The van der Waals surface area contributed by atoms with E-state index in [1.807, 2.05) is 48.5 Å². The van der Waals surface area contributed by atoms with E-state index in [9.17, 15) is 0 Å². The summed E-state index contributed by atoms with van der Waals surface area (Å²) in [4.78, 5) is 24.1. The second-order valence-corrected chi connectivity index (χ2v) is 7.70. The number of rotatable bonds is 6. The Kier molecular flexibility index (Phi) is 6.63. The van der Waals surface area contributed by atoms with Crippen LogP contribution in [0.1, 0.15) is 5.82 Å². The normalized spacial score (nSPS) is 10.4. The Balaban J connectivity index is 1.58. The number of pyridine rings is 1. The van der Waals surface area contributed by atoms with Crippen LogP contribution in [-0.4, -0.2) is 45.7 Å². The lowest BCUT2D eigenvalue weighted by Gasteiger charge is -2.24. The number of hydrogen-bond donors (Lipinski definition) is 0. The van der Waals surface area contributed by atoms with Crippen LogP contribution in [0.4, 0.5) is 11.4 Å². The molecule has 36 heavy (non-hydrogen) atoms. The average Bonchev–Trinajstić information content (AvgIpc) is 2.95. The van der Waals surface area contributed by atoms with Crippen molar-refractivity contribution in [2.45, 2.75) is 0 Å². The number of hydrogen-bond acceptors (Lipinski definition) is 8. The zero-order valence-electron chi connectivity index (χ0n) is 19.8. The van der Waals surface area contributed by atoms with Gasteiger partial charge in [-0.1, -0.05) is 5.92 Å². The Morgan fingerprint density at radius 3 is 2.31 bits per heavy atom. The minimum atomic E-state index is 0.371. The third kappa shape index (κ3) is 5.05. The molecule has 0 saturated carbocycles. The first-order chi connectivity index (χ1) is 17.7. The molecule has 0 aliphatic rings. The standard InChI is InChI=1S/C28H22N6O2/c1-35-23-14-22(15-24(17-23)36-2)34(13-4-7-28-30-11-5-12-31-28)21-8-9-25-26(16-21)33-27(19-32-25)20-6-3-10-29-18-20/h3,5-6,8-12,14-19H,13H2,1-2H3. The molecule has 3 aromatic heterocycles. The molecule has 3 heterocycles. The van der Waals surface area contributed by atoms with Crippen molar-refractivity contribution in [3.05, 3.63) is 91.4 Å². The topological polar surface area (TPSA) is 86.2 Å². The number of fused-ring (bicyclic) bond motifs is 1. The van der Waals surface area contributed by atoms with Crippen molar-refractivity contribution in [1.82, 2.24) is 24.9 Å². The van der Waals surface area contributed by atoms with Crippen LogP contribution in [0.5, 0.6) is 11.5 Å². The lowest BCUT2D eigenvalue weighted by molar-refractivity contribution is 0.394. The second-order valence-electron chi connectivity index (χ2n) is 7.70. The maximum atomic E-state index is 5.50. The molecule has 0 aliphatic carbocycles. The summed E-state index contributed by atoms with van der Waals surface area (Å²) in [6.45, 7) is 0.371. The highest BCUT2D eigenvalue weighted by molar-refractivity contribution is 5.83. The quantitative estimate of drug-likeness (QED) is 0.328. The lowest BCUT2D eigenvalue weighted by Crippen LogP contribution is -2.17. The predicted octanol–water partition coefficient (Wildman–Crippen LogP) is 4.69. The van der Waals surface area contributed by atoms with Crippen LogP contribution < -0.4 is 14.4 Å². The van der Waals surface area contributed by atoms with Crippen LogP contribution in [-0.2, 0) is 0 Å². The highest BCUT2D eigenvalue weighted by Gasteiger charge is 2.14. The van der Waals surface area contributed by atoms with Gasteiger partial charge in [-0.15, -0.1) is 0 Å². The van der Waals surface area contributed by atoms with E-state index in [4.69, 9.17) is 14.5 Å². The Morgan fingerprint density at radius 1 is 0.778 bits per heavy atom. The van der Waals surface area contributed by atoms with Crippen molar-refractivity contribution < 1.29 is 9.47 Å². The van der Waals surface area contributed by atoms with E-state index in [-0.39, 0.29) is 0 Å². The van der Waals surface area contributed by atoms with Crippen LogP contribution >= 0.6 is 0 Å². The van der Waals surface area contributed by atoms with Crippen LogP contribution in [0, 0.1) is 11.8 Å². The molecule has 8 heteroatoms. The summed E-state index contributed by atoms with van der Waals surface area (Å²) in [5.74, 6) is 8.02. The number of benzene rings is 2. The van der Waals surface area contributed by atoms with Gasteiger partial charge in [0.25, 0.3) is 0 Å². The van der Waals surface area contributed by atoms with Gasteiger partial charge in [-0.25, -0.2) is 15.0 Å². The first-order valence-corrected chi connectivity index (χ1v) is 11.2. The van der Waals surface area contributed by atoms with Gasteiger partial charge in [0.05, 0.1) is 43.7 Å². The number of anilines is 2. The maximum absolute atomic E-state index is 5.50. The summed E-state index contributed by atoms with van der Waals surface area (Å²) >= 11 is 0. The van der Waals surface area contributed by atoms with Gasteiger partial charge in [-0.3, -0.25) is 9.97 Å². The number of nitrogens with zero attached hydrogens (tertiary/aromatic N) is 6. The van der Waals surface area contributed by atoms with Crippen molar-refractivity contribution in [1.29, 1.82) is 0 Å². The molecule has 0 bridgehead atoms. The van der Waals surface area contributed by atoms with E-state index in [0.717, 1.165) is 33.7 Å². The van der Waals surface area contributed by atoms with Crippen molar-refractivity contribution >= 4 is 22.4 Å². The van der Waals surface area contributed by atoms with Crippen molar-refractivity contribution in [3.8, 4) is 34.6 Å². The van der Waals surface area contributed by atoms with Gasteiger partial charge in [0.2, 0.25) is 5.82 Å². The molecule has 5 aromatic rings. The third-order valence-corrected chi connectivity index (χ3v) is 5.45. The summed E-state index contributed by atoms with van der Waals surface area (Å²) in [5, 5.41) is 0. The fraction of sp³-hybridized carbons (Fsp3) is 0.107. The van der Waals surface area contributed by atoms with Gasteiger partial charge in [-0.2, -0.15) is 0 Å². The fourth-order valence-electron chi connectivity index (χ4n) is 3.66. The zero-order valence-corrected chi connectivity index (χ0v) is 19.8. The van der Waals surface area contributed by atoms with Crippen LogP contribution in [0.3, 0.4) is 0 Å². The van der Waals surface area contributed by atoms with Gasteiger partial charge in [0.15, 0.2) is 0 Å². The van der Waals surface area contributed by atoms with E-state index < -0.39 is 0 Å². The van der Waals surface area contributed by atoms with Crippen LogP contribution in [0.15, 0.2) is 85.6 Å². The second kappa shape index (κ2) is 10.5. The monoisotopic (exact) mass is 474 g/mol. The summed E-state index contributed by atoms with van der Waals surface area (Å²) in [6.07, 6.45) is 8.61. The number of aromatic nitrogens is 5. The van der Waals surface area contributed by atoms with E-state index in [0.29, 0.717) is 23.9 Å². The lowest BCUT2D eigenvalue weighted by atomic mass is 10.1. The van der Waals surface area contributed by atoms with Gasteiger partial charge in [0, 0.05) is 59.9 Å². The van der Waals surface area contributed by atoms with Crippen molar-refractivity contribution in [2.75, 3.05) is 25.7 Å². The SMILES string of the molecule is COc1cc(OC)cc(N(CC#Cc2ncccn2)c2ccc3ncc(-c4cccnc4)nc3c2)c1. The highest BCUT2D eigenvalue weighted by atomic mass is 16.5. The largest absolute Gasteiger partial charge is 0.497 e. The molecule has 0 spiro atoms. The molecule has 0 saturated heterocycles. The minimum absolute atomic E-state index is 0.371. The first kappa shape index (κ1) is 22.7. The number of ether oxygens (including phenoxy) is 2. The summed E-state index contributed by atoms with van der Waals surface area (Å²) < 4.78 is 11.0. The predicted molar refractivity (Wildman–Crippen MR) is 138 cm³/mol. The van der Waals surface area contributed by atoms with Gasteiger partial charge < -0.3 is 14.4 Å². The first-order valence-electron chi connectivity index (χ1n) is 11.2. The van der Waals surface area contributed by atoms with Gasteiger partial charge in [-0.05, 0) is 42.3 Å². The van der Waals surface area contributed by atoms with Gasteiger partial charge in [0.1, 0.15) is 11.5 Å². The summed E-state index contributed by atoms with van der Waals surface area (Å²) in [6, 6.07) is 17.2. The molecule has 0 amide bonds. The Morgan fingerprint density at radius 2 is 1.58 bits per heavy atom. The maximum Gasteiger partial charge on any atom is 0.204 e. The number of methoxy groups -OCH3 is 2. The molecule has 8 nitrogen and oxygen atoms in total. The molecule has 176 valence electrons. The molecule has 5 rings (SSSR count). The molecule has 0 aliphatic heterocycles. The van der Waals surface area contributed by atoms with Crippen LogP contribution in [0.2, 0.25) is 0 Å². The highest BCUT2D eigenvalue weighted by Crippen LogP contribution is 2.34. The van der Waals surface area contributed by atoms with E-state index in [1.54, 1.807) is 51.3 Å². The molecule has 0 N–H and O–H groups in total. The molecule has 0 atom stereocenters. The molecule has 0 fully saturated rings. The molecular weight excluding hydrogens is 452 g/mol. The molecule has 0 radical (unpaired) electrons. The van der Waals surface area contributed by atoms with Crippen molar-refractivity contribution in [2.24, 2.45) is 0 Å². The van der Waals surface area contributed by atoms with Gasteiger partial charge >= 0.3 is 0 Å². The Hall–Kier alpha value is -5.03. The molecule has 0 unspecified atom stereocenters.